The van der Waals surface area contributed by atoms with Crippen molar-refractivity contribution in [3.05, 3.63) is 48.0 Å². The van der Waals surface area contributed by atoms with Crippen LogP contribution in [0.1, 0.15) is 38.2 Å². The van der Waals surface area contributed by atoms with Crippen LogP contribution in [-0.2, 0) is 0 Å². The molecular weight excluding hydrogens is 395 g/mol. The van der Waals surface area contributed by atoms with Gasteiger partial charge in [0.25, 0.3) is 5.92 Å². The zero-order chi connectivity index (χ0) is 21.5. The van der Waals surface area contributed by atoms with E-state index in [-0.39, 0.29) is 11.4 Å². The Bertz CT molecular complexity index is 1090. The Kier molecular flexibility index (Phi) is 5.13. The number of anilines is 1. The van der Waals surface area contributed by atoms with E-state index in [4.69, 9.17) is 0 Å². The van der Waals surface area contributed by atoms with Crippen molar-refractivity contribution in [2.24, 2.45) is 0 Å². The molecule has 1 saturated heterocycles. The Labute approximate surface area is 171 Å². The summed E-state index contributed by atoms with van der Waals surface area (Å²) in [5.74, 6) is -3.02. The maximum atomic E-state index is 14.5. The number of nitrogens with zero attached hydrogens (tertiary/aromatic N) is 4. The first kappa shape index (κ1) is 20.2. The van der Waals surface area contributed by atoms with Crippen LogP contribution in [-0.4, -0.2) is 44.7 Å². The van der Waals surface area contributed by atoms with Gasteiger partial charge in [-0.05, 0) is 42.2 Å². The first-order chi connectivity index (χ1) is 14.3. The number of carbonyl (C=O) groups is 1. The summed E-state index contributed by atoms with van der Waals surface area (Å²) in [5, 5.41) is 7.64. The number of pyridine rings is 1. The molecule has 3 heterocycles. The fourth-order valence-corrected chi connectivity index (χ4v) is 3.55. The predicted molar refractivity (Wildman–Crippen MR) is 108 cm³/mol. The van der Waals surface area contributed by atoms with Crippen molar-refractivity contribution in [3.8, 4) is 5.69 Å². The molecule has 0 aliphatic carbocycles. The van der Waals surface area contributed by atoms with Crippen LogP contribution < -0.4 is 5.32 Å². The first-order valence-corrected chi connectivity index (χ1v) is 9.85. The summed E-state index contributed by atoms with van der Waals surface area (Å²) in [5.41, 5.74) is 2.00. The molecule has 0 bridgehead atoms. The van der Waals surface area contributed by atoms with Gasteiger partial charge < -0.3 is 10.2 Å². The van der Waals surface area contributed by atoms with Gasteiger partial charge in [-0.3, -0.25) is 0 Å². The Morgan fingerprint density at radius 3 is 2.77 bits per heavy atom. The quantitative estimate of drug-likeness (QED) is 0.639. The van der Waals surface area contributed by atoms with E-state index < -0.39 is 30.9 Å². The van der Waals surface area contributed by atoms with E-state index in [9.17, 15) is 18.0 Å². The number of amides is 2. The lowest BCUT2D eigenvalue weighted by Gasteiger charge is -2.38. The van der Waals surface area contributed by atoms with Crippen LogP contribution in [0.5, 0.6) is 0 Å². The molecule has 1 aliphatic heterocycles. The van der Waals surface area contributed by atoms with Crippen molar-refractivity contribution >= 4 is 22.8 Å². The first-order valence-electron chi connectivity index (χ1n) is 9.85. The molecule has 1 atom stereocenters. The smallest absolute Gasteiger partial charge is 0.312 e. The summed E-state index contributed by atoms with van der Waals surface area (Å²) in [7, 11) is 0. The van der Waals surface area contributed by atoms with Gasteiger partial charge in [-0.1, -0.05) is 20.3 Å². The second kappa shape index (κ2) is 7.62. The molecule has 1 N–H and O–H groups in total. The molecule has 2 aromatic heterocycles. The average Bonchev–Trinajstić information content (AvgIpc) is 3.10. The molecule has 2 amide bonds. The Morgan fingerprint density at radius 1 is 1.30 bits per heavy atom. The minimum atomic E-state index is -2.85. The van der Waals surface area contributed by atoms with Gasteiger partial charge >= 0.3 is 6.03 Å². The molecular formula is C21H22F3N5O. The van der Waals surface area contributed by atoms with E-state index in [0.29, 0.717) is 11.6 Å². The normalized spacial score (nSPS) is 16.4. The largest absolute Gasteiger partial charge is 0.322 e. The van der Waals surface area contributed by atoms with Gasteiger partial charge in [0.15, 0.2) is 5.65 Å². The molecule has 6 nitrogen and oxygen atoms in total. The molecule has 30 heavy (non-hydrogen) atoms. The highest BCUT2D eigenvalue weighted by Crippen LogP contribution is 2.28. The minimum absolute atomic E-state index is 0.128. The van der Waals surface area contributed by atoms with E-state index in [1.807, 2.05) is 6.07 Å². The van der Waals surface area contributed by atoms with Crippen LogP contribution in [0, 0.1) is 5.82 Å². The predicted octanol–water partition coefficient (Wildman–Crippen LogP) is 4.95. The maximum absolute atomic E-state index is 14.5. The Hall–Kier alpha value is -3.10. The van der Waals surface area contributed by atoms with Crippen LogP contribution in [0.25, 0.3) is 16.7 Å². The lowest BCUT2D eigenvalue weighted by molar-refractivity contribution is -0.107. The lowest BCUT2D eigenvalue weighted by atomic mass is 9.98. The number of fused-ring (bicyclic) bond motifs is 1. The van der Waals surface area contributed by atoms with Crippen LogP contribution in [0.3, 0.4) is 0 Å². The molecule has 158 valence electrons. The molecule has 1 fully saturated rings. The lowest BCUT2D eigenvalue weighted by Crippen LogP contribution is -2.59. The van der Waals surface area contributed by atoms with E-state index >= 15 is 0 Å². The van der Waals surface area contributed by atoms with Crippen molar-refractivity contribution in [3.63, 3.8) is 0 Å². The number of alkyl halides is 2. The summed E-state index contributed by atoms with van der Waals surface area (Å²) in [4.78, 5) is 17.4. The van der Waals surface area contributed by atoms with Gasteiger partial charge in [-0.2, -0.15) is 0 Å². The molecule has 9 heteroatoms. The van der Waals surface area contributed by atoms with Crippen molar-refractivity contribution < 1.29 is 18.0 Å². The number of halogens is 3. The van der Waals surface area contributed by atoms with E-state index in [1.54, 1.807) is 12.4 Å². The molecule has 1 unspecified atom stereocenters. The number of carbonyl (C=O) groups excluding carboxylic acids is 1. The molecule has 1 aliphatic rings. The number of rotatable bonds is 5. The summed E-state index contributed by atoms with van der Waals surface area (Å²) in [6.07, 6.45) is 5.58. The number of likely N-dealkylation sites (tertiary alicyclic amines) is 1. The zero-order valence-electron chi connectivity index (χ0n) is 16.7. The summed E-state index contributed by atoms with van der Waals surface area (Å²) >= 11 is 0. The van der Waals surface area contributed by atoms with Crippen LogP contribution in [0.15, 0.2) is 36.7 Å². The molecule has 0 saturated carbocycles. The third kappa shape index (κ3) is 3.96. The summed E-state index contributed by atoms with van der Waals surface area (Å²) < 4.78 is 41.8. The number of hydrogen-bond acceptors (Lipinski definition) is 3. The van der Waals surface area contributed by atoms with Crippen LogP contribution >= 0.6 is 0 Å². The highest BCUT2D eigenvalue weighted by Gasteiger charge is 2.46. The van der Waals surface area contributed by atoms with Gasteiger partial charge in [0, 0.05) is 23.5 Å². The molecule has 0 radical (unpaired) electrons. The fraction of sp³-hybridized carbons (Fsp3) is 0.381. The summed E-state index contributed by atoms with van der Waals surface area (Å²) in [6, 6.07) is 5.34. The highest BCUT2D eigenvalue weighted by atomic mass is 19.3. The van der Waals surface area contributed by atoms with Crippen molar-refractivity contribution in [2.75, 3.05) is 18.4 Å². The topological polar surface area (TPSA) is 63.1 Å². The third-order valence-electron chi connectivity index (χ3n) is 5.25. The van der Waals surface area contributed by atoms with Gasteiger partial charge in [0.05, 0.1) is 13.1 Å². The Morgan fingerprint density at radius 2 is 2.07 bits per heavy atom. The van der Waals surface area contributed by atoms with Crippen LogP contribution in [0.2, 0.25) is 0 Å². The number of aromatic nitrogens is 3. The Balaban J connectivity index is 1.58. The minimum Gasteiger partial charge on any atom is -0.312 e. The third-order valence-corrected chi connectivity index (χ3v) is 5.25. The number of urea groups is 1. The molecule has 0 spiro atoms. The molecule has 3 aromatic rings. The standard InChI is InChI=1S/C21H22F3N5O/c1-3-4-13(2)14-7-15-10-29(27-19(15)25-9-14)18-8-16(5-6-17(18)22)26-20(30)28-11-21(23,24)12-28/h5-10,13H,3-4,11-12H2,1-2H3,(H,26,30). The van der Waals surface area contributed by atoms with Gasteiger partial charge in [0.1, 0.15) is 11.5 Å². The van der Waals surface area contributed by atoms with E-state index in [0.717, 1.165) is 28.7 Å². The second-order valence-electron chi connectivity index (χ2n) is 7.75. The van der Waals surface area contributed by atoms with Gasteiger partial charge in [-0.15, -0.1) is 5.10 Å². The van der Waals surface area contributed by atoms with Crippen molar-refractivity contribution in [2.45, 2.75) is 38.5 Å². The summed E-state index contributed by atoms with van der Waals surface area (Å²) in [6.45, 7) is 3.02. The maximum Gasteiger partial charge on any atom is 0.322 e. The van der Waals surface area contributed by atoms with Gasteiger partial charge in [0.2, 0.25) is 0 Å². The van der Waals surface area contributed by atoms with Gasteiger partial charge in [-0.25, -0.2) is 27.6 Å². The van der Waals surface area contributed by atoms with E-state index in [2.05, 4.69) is 29.2 Å². The second-order valence-corrected chi connectivity index (χ2v) is 7.75. The zero-order valence-corrected chi connectivity index (χ0v) is 16.7. The molecule has 1 aromatic carbocycles. The fourth-order valence-electron chi connectivity index (χ4n) is 3.55. The molecule has 4 rings (SSSR count). The van der Waals surface area contributed by atoms with E-state index in [1.165, 1.54) is 22.9 Å². The number of nitrogens with one attached hydrogen (secondary N) is 1. The average molecular weight is 417 g/mol. The monoisotopic (exact) mass is 417 g/mol. The van der Waals surface area contributed by atoms with Crippen molar-refractivity contribution in [1.82, 2.24) is 19.7 Å². The number of hydrogen-bond donors (Lipinski definition) is 1. The van der Waals surface area contributed by atoms with Crippen molar-refractivity contribution in [1.29, 1.82) is 0 Å². The SMILES string of the molecule is CCCC(C)c1cnc2nn(-c3cc(NC(=O)N4CC(F)(F)C4)ccc3F)cc2c1. The highest BCUT2D eigenvalue weighted by molar-refractivity contribution is 5.90. The number of benzene rings is 1. The van der Waals surface area contributed by atoms with Crippen LogP contribution in [0.4, 0.5) is 23.7 Å².